The summed E-state index contributed by atoms with van der Waals surface area (Å²) in [6, 6.07) is 3.63. The fourth-order valence-electron chi connectivity index (χ4n) is 4.31. The molecule has 10 heteroatoms. The van der Waals surface area contributed by atoms with Gasteiger partial charge in [-0.3, -0.25) is 4.79 Å². The number of rotatable bonds is 9. The molecular weight excluding hydrogens is 438 g/mol. The van der Waals surface area contributed by atoms with Crippen LogP contribution in [0.25, 0.3) is 11.4 Å². The molecule has 4 rings (SSSR count). The van der Waals surface area contributed by atoms with Gasteiger partial charge in [-0.2, -0.15) is 0 Å². The summed E-state index contributed by atoms with van der Waals surface area (Å²) < 4.78 is 13.2. The Kier molecular flexibility index (Phi) is 7.33. The van der Waals surface area contributed by atoms with Crippen molar-refractivity contribution >= 4 is 12.1 Å². The number of hydrogen-bond donors (Lipinski definition) is 1. The second-order valence-corrected chi connectivity index (χ2v) is 9.44. The standard InChI is InChI=1S/C24H33N5O5/c1-15-21(34-18-6-4-5-17(13-18)23(30)31)10-9-19(25-15)22-20(29(3)27-26-22)14-33-24(32)28(2)12-11-16-7-8-16/h9-10,16-18H,4-8,11-14H2,1-3H3,(H,30,31)/t17-,18-/m0/s1. The fraction of sp³-hybridized carbons (Fsp3) is 0.625. The first-order chi connectivity index (χ1) is 16.3. The van der Waals surface area contributed by atoms with E-state index in [0.717, 1.165) is 25.2 Å². The summed E-state index contributed by atoms with van der Waals surface area (Å²) in [5.41, 5.74) is 2.50. The van der Waals surface area contributed by atoms with Gasteiger partial charge in [0.05, 0.1) is 23.4 Å². The van der Waals surface area contributed by atoms with Crippen molar-refractivity contribution in [3.8, 4) is 17.1 Å². The SMILES string of the molecule is Cc1nc(-c2nnn(C)c2COC(=O)N(C)CCC2CC2)ccc1O[C@H]1CCC[C@H](C(=O)O)C1. The summed E-state index contributed by atoms with van der Waals surface area (Å²) in [6.07, 6.45) is 5.90. The van der Waals surface area contributed by atoms with Crippen LogP contribution >= 0.6 is 0 Å². The molecule has 0 saturated heterocycles. The molecule has 2 saturated carbocycles. The Balaban J connectivity index is 1.40. The van der Waals surface area contributed by atoms with Crippen LogP contribution in [0, 0.1) is 18.8 Å². The Labute approximate surface area is 199 Å². The zero-order valence-electron chi connectivity index (χ0n) is 20.1. The maximum atomic E-state index is 12.4. The van der Waals surface area contributed by atoms with E-state index in [0.29, 0.717) is 47.9 Å². The number of aryl methyl sites for hydroxylation is 2. The Morgan fingerprint density at radius 2 is 2.03 bits per heavy atom. The number of amides is 1. The smallest absolute Gasteiger partial charge is 0.409 e. The number of carboxylic acid groups (broad SMARTS) is 1. The van der Waals surface area contributed by atoms with E-state index < -0.39 is 5.97 Å². The van der Waals surface area contributed by atoms with Crippen LogP contribution in [0.2, 0.25) is 0 Å². The molecule has 1 amide bonds. The summed E-state index contributed by atoms with van der Waals surface area (Å²) in [6.45, 7) is 2.58. The molecule has 2 aliphatic carbocycles. The van der Waals surface area contributed by atoms with Gasteiger partial charge in [0.15, 0.2) is 0 Å². The van der Waals surface area contributed by atoms with Gasteiger partial charge >= 0.3 is 12.1 Å². The van der Waals surface area contributed by atoms with Crippen molar-refractivity contribution in [1.82, 2.24) is 24.9 Å². The summed E-state index contributed by atoms with van der Waals surface area (Å²) >= 11 is 0. The molecular formula is C24H33N5O5. The minimum atomic E-state index is -0.761. The maximum Gasteiger partial charge on any atom is 0.409 e. The maximum absolute atomic E-state index is 12.4. The van der Waals surface area contributed by atoms with Crippen molar-refractivity contribution in [3.05, 3.63) is 23.5 Å². The highest BCUT2D eigenvalue weighted by molar-refractivity contribution is 5.70. The number of nitrogens with zero attached hydrogens (tertiary/aromatic N) is 5. The third-order valence-electron chi connectivity index (χ3n) is 6.71. The van der Waals surface area contributed by atoms with Crippen LogP contribution in [0.3, 0.4) is 0 Å². The number of aliphatic carboxylic acids is 1. The van der Waals surface area contributed by atoms with Crippen LogP contribution in [0.4, 0.5) is 4.79 Å². The molecule has 2 aromatic rings. The van der Waals surface area contributed by atoms with Crippen LogP contribution in [-0.2, 0) is 23.2 Å². The molecule has 0 aliphatic heterocycles. The van der Waals surface area contributed by atoms with Gasteiger partial charge in [-0.25, -0.2) is 14.5 Å². The molecule has 10 nitrogen and oxygen atoms in total. The van der Waals surface area contributed by atoms with Gasteiger partial charge in [0.2, 0.25) is 0 Å². The number of carbonyl (C=O) groups excluding carboxylic acids is 1. The molecule has 2 aliphatic rings. The fourth-order valence-corrected chi connectivity index (χ4v) is 4.31. The van der Waals surface area contributed by atoms with E-state index in [9.17, 15) is 14.7 Å². The van der Waals surface area contributed by atoms with Crippen molar-refractivity contribution in [3.63, 3.8) is 0 Å². The first-order valence-corrected chi connectivity index (χ1v) is 12.0. The first-order valence-electron chi connectivity index (χ1n) is 12.0. The molecule has 0 spiro atoms. The molecule has 2 fully saturated rings. The van der Waals surface area contributed by atoms with Crippen LogP contribution in [0.15, 0.2) is 12.1 Å². The highest BCUT2D eigenvalue weighted by Gasteiger charge is 2.29. The number of hydrogen-bond acceptors (Lipinski definition) is 7. The molecule has 184 valence electrons. The van der Waals surface area contributed by atoms with E-state index in [4.69, 9.17) is 9.47 Å². The Morgan fingerprint density at radius 1 is 1.24 bits per heavy atom. The molecule has 2 aromatic heterocycles. The van der Waals surface area contributed by atoms with Gasteiger partial charge < -0.3 is 19.5 Å². The van der Waals surface area contributed by atoms with Crippen LogP contribution in [0.5, 0.6) is 5.75 Å². The second-order valence-electron chi connectivity index (χ2n) is 9.44. The minimum absolute atomic E-state index is 0.0447. The van der Waals surface area contributed by atoms with E-state index in [1.54, 1.807) is 29.7 Å². The molecule has 0 bridgehead atoms. The van der Waals surface area contributed by atoms with Crippen LogP contribution in [0.1, 0.15) is 56.3 Å². The number of carbonyl (C=O) groups is 2. The second kappa shape index (κ2) is 10.4. The van der Waals surface area contributed by atoms with Gasteiger partial charge in [-0.15, -0.1) is 5.10 Å². The topological polar surface area (TPSA) is 120 Å². The monoisotopic (exact) mass is 471 g/mol. The normalized spacial score (nSPS) is 20.1. The summed E-state index contributed by atoms with van der Waals surface area (Å²) in [5, 5.41) is 17.6. The van der Waals surface area contributed by atoms with Crippen LogP contribution < -0.4 is 4.74 Å². The van der Waals surface area contributed by atoms with Gasteiger partial charge in [0.1, 0.15) is 23.7 Å². The predicted molar refractivity (Wildman–Crippen MR) is 123 cm³/mol. The number of ether oxygens (including phenoxy) is 2. The molecule has 2 heterocycles. The predicted octanol–water partition coefficient (Wildman–Crippen LogP) is 3.58. The Morgan fingerprint density at radius 3 is 2.74 bits per heavy atom. The number of pyridine rings is 1. The number of aromatic nitrogens is 4. The van der Waals surface area contributed by atoms with E-state index >= 15 is 0 Å². The third-order valence-corrected chi connectivity index (χ3v) is 6.71. The molecule has 34 heavy (non-hydrogen) atoms. The van der Waals surface area contributed by atoms with Crippen molar-refractivity contribution in [1.29, 1.82) is 0 Å². The van der Waals surface area contributed by atoms with Crippen molar-refractivity contribution < 1.29 is 24.2 Å². The lowest BCUT2D eigenvalue weighted by molar-refractivity contribution is -0.143. The molecule has 2 atom stereocenters. The van der Waals surface area contributed by atoms with Gasteiger partial charge in [0.25, 0.3) is 0 Å². The highest BCUT2D eigenvalue weighted by atomic mass is 16.6. The van der Waals surface area contributed by atoms with Gasteiger partial charge in [-0.1, -0.05) is 18.1 Å². The average Bonchev–Trinajstić information content (AvgIpc) is 3.58. The van der Waals surface area contributed by atoms with E-state index in [1.165, 1.54) is 12.8 Å². The first kappa shape index (κ1) is 24.0. The summed E-state index contributed by atoms with van der Waals surface area (Å²) in [7, 11) is 3.50. The number of carboxylic acids is 1. The zero-order chi connectivity index (χ0) is 24.2. The summed E-state index contributed by atoms with van der Waals surface area (Å²) in [4.78, 5) is 30.0. The van der Waals surface area contributed by atoms with Crippen molar-refractivity contribution in [2.75, 3.05) is 13.6 Å². The molecule has 1 N–H and O–H groups in total. The Bertz CT molecular complexity index is 1030. The quantitative estimate of drug-likeness (QED) is 0.589. The van der Waals surface area contributed by atoms with E-state index in [-0.39, 0.29) is 24.7 Å². The molecule has 0 radical (unpaired) electrons. The van der Waals surface area contributed by atoms with Gasteiger partial charge in [0, 0.05) is 20.6 Å². The molecule has 0 aromatic carbocycles. The highest BCUT2D eigenvalue weighted by Crippen LogP contribution is 2.32. The third kappa shape index (κ3) is 5.84. The Hall–Kier alpha value is -3.17. The lowest BCUT2D eigenvalue weighted by Gasteiger charge is -2.27. The van der Waals surface area contributed by atoms with Crippen LogP contribution in [-0.4, -0.2) is 61.7 Å². The summed E-state index contributed by atoms with van der Waals surface area (Å²) in [5.74, 6) is 0.266. The van der Waals surface area contributed by atoms with E-state index in [2.05, 4.69) is 15.3 Å². The van der Waals surface area contributed by atoms with Crippen molar-refractivity contribution in [2.24, 2.45) is 18.9 Å². The zero-order valence-corrected chi connectivity index (χ0v) is 20.1. The molecule has 0 unspecified atom stereocenters. The van der Waals surface area contributed by atoms with Gasteiger partial charge in [-0.05, 0) is 57.1 Å². The average molecular weight is 472 g/mol. The minimum Gasteiger partial charge on any atom is -0.489 e. The van der Waals surface area contributed by atoms with E-state index in [1.807, 2.05) is 13.0 Å². The lowest BCUT2D eigenvalue weighted by Crippen LogP contribution is -2.29. The lowest BCUT2D eigenvalue weighted by atomic mass is 9.87. The largest absolute Gasteiger partial charge is 0.489 e. The van der Waals surface area contributed by atoms with Crippen molar-refractivity contribution in [2.45, 2.75) is 64.6 Å².